The molecule has 0 bridgehead atoms. The van der Waals surface area contributed by atoms with Crippen LogP contribution < -0.4 is 5.32 Å². The van der Waals surface area contributed by atoms with Gasteiger partial charge in [-0.15, -0.1) is 11.8 Å². The van der Waals surface area contributed by atoms with Crippen LogP contribution in [0.2, 0.25) is 0 Å². The van der Waals surface area contributed by atoms with Crippen LogP contribution in [0, 0.1) is 5.82 Å². The Labute approximate surface area is 142 Å². The Bertz CT molecular complexity index is 633. The van der Waals surface area contributed by atoms with Gasteiger partial charge in [-0.05, 0) is 36.2 Å². The molecule has 0 radical (unpaired) electrons. The van der Waals surface area contributed by atoms with Crippen LogP contribution in [0.3, 0.4) is 0 Å². The van der Waals surface area contributed by atoms with Crippen molar-refractivity contribution in [2.24, 2.45) is 0 Å². The summed E-state index contributed by atoms with van der Waals surface area (Å²) >= 11 is 5.00. The summed E-state index contributed by atoms with van der Waals surface area (Å²) in [6, 6.07) is 14.1. The smallest absolute Gasteiger partial charge is 0.230 e. The van der Waals surface area contributed by atoms with Crippen LogP contribution in [-0.2, 0) is 10.5 Å². The van der Waals surface area contributed by atoms with Crippen molar-refractivity contribution in [1.29, 1.82) is 0 Å². The lowest BCUT2D eigenvalue weighted by Crippen LogP contribution is -2.28. The molecule has 0 saturated carbocycles. The molecule has 1 N–H and O–H groups in total. The first-order valence-electron chi connectivity index (χ1n) is 6.92. The molecule has 0 heterocycles. The number of benzene rings is 2. The second kappa shape index (κ2) is 8.34. The van der Waals surface area contributed by atoms with Crippen LogP contribution in [0.25, 0.3) is 0 Å². The third-order valence-corrected chi connectivity index (χ3v) is 4.89. The van der Waals surface area contributed by atoms with Gasteiger partial charge in [0.15, 0.2) is 0 Å². The third kappa shape index (κ3) is 5.14. The Balaban J connectivity index is 1.78. The average molecular weight is 382 g/mol. The second-order valence-corrected chi connectivity index (χ2v) is 6.77. The molecular formula is C17H17BrFNOS. The van der Waals surface area contributed by atoms with Crippen LogP contribution in [-0.4, -0.2) is 11.7 Å². The van der Waals surface area contributed by atoms with E-state index < -0.39 is 0 Å². The largest absolute Gasteiger partial charge is 0.349 e. The number of nitrogens with one attached hydrogen (secondary N) is 1. The molecule has 1 atom stereocenters. The van der Waals surface area contributed by atoms with Crippen molar-refractivity contribution in [3.63, 3.8) is 0 Å². The van der Waals surface area contributed by atoms with E-state index >= 15 is 0 Å². The number of amides is 1. The van der Waals surface area contributed by atoms with Gasteiger partial charge in [-0.3, -0.25) is 4.79 Å². The number of carbonyl (C=O) groups is 1. The van der Waals surface area contributed by atoms with E-state index in [9.17, 15) is 9.18 Å². The summed E-state index contributed by atoms with van der Waals surface area (Å²) in [4.78, 5) is 12.0. The lowest BCUT2D eigenvalue weighted by Gasteiger charge is -2.15. The normalized spacial score (nSPS) is 12.0. The lowest BCUT2D eigenvalue weighted by atomic mass is 10.1. The number of rotatable bonds is 6. The Morgan fingerprint density at radius 2 is 1.91 bits per heavy atom. The molecule has 2 aromatic rings. The van der Waals surface area contributed by atoms with Crippen LogP contribution in [0.4, 0.5) is 4.39 Å². The van der Waals surface area contributed by atoms with E-state index in [0.717, 1.165) is 15.6 Å². The highest BCUT2D eigenvalue weighted by atomic mass is 79.9. The van der Waals surface area contributed by atoms with Crippen molar-refractivity contribution >= 4 is 33.6 Å². The molecule has 116 valence electrons. The van der Waals surface area contributed by atoms with Gasteiger partial charge in [0.05, 0.1) is 11.8 Å². The highest BCUT2D eigenvalue weighted by molar-refractivity contribution is 9.10. The zero-order valence-electron chi connectivity index (χ0n) is 12.2. The summed E-state index contributed by atoms with van der Waals surface area (Å²) in [5, 5.41) is 2.98. The molecular weight excluding hydrogens is 365 g/mol. The monoisotopic (exact) mass is 381 g/mol. The number of thioether (sulfide) groups is 1. The highest BCUT2D eigenvalue weighted by Gasteiger charge is 2.11. The number of hydrogen-bond acceptors (Lipinski definition) is 2. The fourth-order valence-corrected chi connectivity index (χ4v) is 3.46. The second-order valence-electron chi connectivity index (χ2n) is 4.93. The molecule has 0 unspecified atom stereocenters. The summed E-state index contributed by atoms with van der Waals surface area (Å²) < 4.78 is 13.8. The predicted octanol–water partition coefficient (Wildman–Crippen LogP) is 4.70. The van der Waals surface area contributed by atoms with Crippen molar-refractivity contribution in [2.45, 2.75) is 18.7 Å². The standard InChI is InChI=1S/C17H17BrFNOS/c1-12(15-4-2-3-5-16(15)18)20-17(21)11-22-10-13-6-8-14(19)9-7-13/h2-9,12H,10-11H2,1H3,(H,20,21)/t12-/m0/s1. The summed E-state index contributed by atoms with van der Waals surface area (Å²) in [5.74, 6) is 0.827. The van der Waals surface area contributed by atoms with Gasteiger partial charge in [-0.25, -0.2) is 4.39 Å². The predicted molar refractivity (Wildman–Crippen MR) is 93.3 cm³/mol. The van der Waals surface area contributed by atoms with Gasteiger partial charge in [0.2, 0.25) is 5.91 Å². The maximum Gasteiger partial charge on any atom is 0.230 e. The molecule has 0 aliphatic carbocycles. The maximum atomic E-state index is 12.8. The molecule has 2 aromatic carbocycles. The van der Waals surface area contributed by atoms with E-state index in [1.807, 2.05) is 31.2 Å². The molecule has 0 saturated heterocycles. The lowest BCUT2D eigenvalue weighted by molar-refractivity contribution is -0.119. The average Bonchev–Trinajstić information content (AvgIpc) is 2.49. The maximum absolute atomic E-state index is 12.8. The van der Waals surface area contributed by atoms with E-state index in [1.165, 1.54) is 23.9 Å². The highest BCUT2D eigenvalue weighted by Crippen LogP contribution is 2.22. The molecule has 2 rings (SSSR count). The number of hydrogen-bond donors (Lipinski definition) is 1. The Morgan fingerprint density at radius 3 is 2.59 bits per heavy atom. The van der Waals surface area contributed by atoms with E-state index in [1.54, 1.807) is 12.1 Å². The molecule has 1 amide bonds. The minimum Gasteiger partial charge on any atom is -0.349 e. The van der Waals surface area contributed by atoms with Gasteiger partial charge < -0.3 is 5.32 Å². The van der Waals surface area contributed by atoms with Gasteiger partial charge in [0.25, 0.3) is 0 Å². The van der Waals surface area contributed by atoms with Crippen LogP contribution in [0.5, 0.6) is 0 Å². The fraction of sp³-hybridized carbons (Fsp3) is 0.235. The zero-order chi connectivity index (χ0) is 15.9. The first-order chi connectivity index (χ1) is 10.6. The van der Waals surface area contributed by atoms with Crippen molar-refractivity contribution in [3.8, 4) is 0 Å². The molecule has 0 aliphatic heterocycles. The van der Waals surface area contributed by atoms with Crippen LogP contribution >= 0.6 is 27.7 Å². The summed E-state index contributed by atoms with van der Waals surface area (Å²) in [6.45, 7) is 1.96. The molecule has 5 heteroatoms. The molecule has 22 heavy (non-hydrogen) atoms. The van der Waals surface area contributed by atoms with Gasteiger partial charge in [0, 0.05) is 10.2 Å². The van der Waals surface area contributed by atoms with Gasteiger partial charge in [-0.1, -0.05) is 46.3 Å². The molecule has 0 aromatic heterocycles. The van der Waals surface area contributed by atoms with Crippen molar-refractivity contribution < 1.29 is 9.18 Å². The molecule has 2 nitrogen and oxygen atoms in total. The molecule has 0 aliphatic rings. The summed E-state index contributed by atoms with van der Waals surface area (Å²) in [6.07, 6.45) is 0. The van der Waals surface area contributed by atoms with Crippen LogP contribution in [0.15, 0.2) is 53.0 Å². The summed E-state index contributed by atoms with van der Waals surface area (Å²) in [5.41, 5.74) is 2.07. The Morgan fingerprint density at radius 1 is 1.23 bits per heavy atom. The topological polar surface area (TPSA) is 29.1 Å². The van der Waals surface area contributed by atoms with E-state index in [2.05, 4.69) is 21.2 Å². The van der Waals surface area contributed by atoms with Crippen LogP contribution in [0.1, 0.15) is 24.1 Å². The number of halogens is 2. The third-order valence-electron chi connectivity index (χ3n) is 3.16. The summed E-state index contributed by atoms with van der Waals surface area (Å²) in [7, 11) is 0. The van der Waals surface area contributed by atoms with Crippen molar-refractivity contribution in [2.75, 3.05) is 5.75 Å². The van der Waals surface area contributed by atoms with E-state index in [-0.39, 0.29) is 17.8 Å². The Hall–Kier alpha value is -1.33. The van der Waals surface area contributed by atoms with Crippen molar-refractivity contribution in [3.05, 3.63) is 69.9 Å². The molecule has 0 spiro atoms. The van der Waals surface area contributed by atoms with Gasteiger partial charge in [-0.2, -0.15) is 0 Å². The Kier molecular flexibility index (Phi) is 6.46. The SMILES string of the molecule is C[C@H](NC(=O)CSCc1ccc(F)cc1)c1ccccc1Br. The van der Waals surface area contributed by atoms with E-state index in [4.69, 9.17) is 0 Å². The first-order valence-corrected chi connectivity index (χ1v) is 8.87. The fourth-order valence-electron chi connectivity index (χ4n) is 2.03. The van der Waals surface area contributed by atoms with Gasteiger partial charge >= 0.3 is 0 Å². The quantitative estimate of drug-likeness (QED) is 0.785. The molecule has 0 fully saturated rings. The van der Waals surface area contributed by atoms with Crippen molar-refractivity contribution in [1.82, 2.24) is 5.32 Å². The van der Waals surface area contributed by atoms with E-state index in [0.29, 0.717) is 11.5 Å². The minimum atomic E-state index is -0.242. The minimum absolute atomic E-state index is 0.00429. The zero-order valence-corrected chi connectivity index (χ0v) is 14.6. The first kappa shape index (κ1) is 17.0. The number of carbonyl (C=O) groups excluding carboxylic acids is 1. The van der Waals surface area contributed by atoms with Gasteiger partial charge in [0.1, 0.15) is 5.82 Å².